The first kappa shape index (κ1) is 18.1. The summed E-state index contributed by atoms with van der Waals surface area (Å²) in [6, 6.07) is 8.80. The standard InChI is InChI=1S/C21H25F2N3O/c1-21(22,23)12-20(27)25-10-8-15(9-11-25)6-7-18-16-4-2-3-5-17(16)19-13-24-14-26(18)19/h2-5,13-15,18H,6-12H2,1H3. The summed E-state index contributed by atoms with van der Waals surface area (Å²) in [6.07, 6.45) is 7.05. The van der Waals surface area contributed by atoms with Crippen LogP contribution in [0.3, 0.4) is 0 Å². The summed E-state index contributed by atoms with van der Waals surface area (Å²) in [5, 5.41) is 0. The van der Waals surface area contributed by atoms with Crippen LogP contribution in [0.25, 0.3) is 11.3 Å². The van der Waals surface area contributed by atoms with Gasteiger partial charge in [-0.05, 0) is 44.1 Å². The fraction of sp³-hybridized carbons (Fsp3) is 0.524. The van der Waals surface area contributed by atoms with Crippen LogP contribution in [-0.4, -0.2) is 39.4 Å². The Morgan fingerprint density at radius 1 is 1.22 bits per heavy atom. The van der Waals surface area contributed by atoms with E-state index in [1.54, 1.807) is 4.90 Å². The molecule has 4 nitrogen and oxygen atoms in total. The van der Waals surface area contributed by atoms with E-state index in [-0.39, 0.29) is 0 Å². The number of fused-ring (bicyclic) bond motifs is 3. The van der Waals surface area contributed by atoms with Crippen LogP contribution in [0.2, 0.25) is 0 Å². The van der Waals surface area contributed by atoms with Gasteiger partial charge in [0.25, 0.3) is 5.92 Å². The predicted molar refractivity (Wildman–Crippen MR) is 99.6 cm³/mol. The number of piperidine rings is 1. The molecule has 1 saturated heterocycles. The lowest BCUT2D eigenvalue weighted by Crippen LogP contribution is -2.40. The molecular formula is C21H25F2N3O. The lowest BCUT2D eigenvalue weighted by molar-refractivity contribution is -0.139. The van der Waals surface area contributed by atoms with E-state index < -0.39 is 18.3 Å². The molecule has 0 saturated carbocycles. The molecule has 0 aliphatic carbocycles. The fourth-order valence-corrected chi connectivity index (χ4v) is 4.47. The maximum absolute atomic E-state index is 13.1. The molecular weight excluding hydrogens is 348 g/mol. The summed E-state index contributed by atoms with van der Waals surface area (Å²) in [6.45, 7) is 2.00. The van der Waals surface area contributed by atoms with Gasteiger partial charge in [-0.15, -0.1) is 0 Å². The summed E-state index contributed by atoms with van der Waals surface area (Å²) in [7, 11) is 0. The summed E-state index contributed by atoms with van der Waals surface area (Å²) < 4.78 is 28.4. The number of nitrogens with zero attached hydrogens (tertiary/aromatic N) is 3. The number of carbonyl (C=O) groups excluding carboxylic acids is 1. The molecule has 0 N–H and O–H groups in total. The zero-order valence-corrected chi connectivity index (χ0v) is 15.6. The fourth-order valence-electron chi connectivity index (χ4n) is 4.47. The normalized spacial score (nSPS) is 19.8. The Hall–Kier alpha value is -2.24. The van der Waals surface area contributed by atoms with Crippen LogP contribution in [0.5, 0.6) is 0 Å². The molecule has 1 aromatic heterocycles. The van der Waals surface area contributed by atoms with Crippen LogP contribution < -0.4 is 0 Å². The van der Waals surface area contributed by atoms with Crippen LogP contribution in [0.1, 0.15) is 50.6 Å². The Balaban J connectivity index is 1.33. The molecule has 1 aromatic carbocycles. The van der Waals surface area contributed by atoms with E-state index in [0.717, 1.165) is 32.6 Å². The minimum atomic E-state index is -2.92. The number of aromatic nitrogens is 2. The molecule has 1 unspecified atom stereocenters. The summed E-state index contributed by atoms with van der Waals surface area (Å²) in [4.78, 5) is 17.9. The lowest BCUT2D eigenvalue weighted by Gasteiger charge is -2.33. The molecule has 0 spiro atoms. The molecule has 2 aromatic rings. The van der Waals surface area contributed by atoms with Gasteiger partial charge >= 0.3 is 0 Å². The van der Waals surface area contributed by atoms with E-state index >= 15 is 0 Å². The monoisotopic (exact) mass is 373 g/mol. The summed E-state index contributed by atoms with van der Waals surface area (Å²) >= 11 is 0. The van der Waals surface area contributed by atoms with Gasteiger partial charge in [0.05, 0.1) is 30.7 Å². The van der Waals surface area contributed by atoms with Gasteiger partial charge < -0.3 is 9.47 Å². The molecule has 1 fully saturated rings. The maximum atomic E-state index is 13.1. The largest absolute Gasteiger partial charge is 0.342 e. The molecule has 2 aliphatic rings. The third-order valence-corrected chi connectivity index (χ3v) is 5.87. The van der Waals surface area contributed by atoms with Gasteiger partial charge in [0.1, 0.15) is 0 Å². The highest BCUT2D eigenvalue weighted by atomic mass is 19.3. The third-order valence-electron chi connectivity index (χ3n) is 5.87. The number of carbonyl (C=O) groups is 1. The first-order chi connectivity index (χ1) is 12.9. The molecule has 144 valence electrons. The van der Waals surface area contributed by atoms with E-state index in [1.807, 2.05) is 12.5 Å². The second kappa shape index (κ2) is 7.06. The van der Waals surface area contributed by atoms with Crippen LogP contribution >= 0.6 is 0 Å². The van der Waals surface area contributed by atoms with Crippen LogP contribution in [0.4, 0.5) is 8.78 Å². The molecule has 6 heteroatoms. The van der Waals surface area contributed by atoms with Crippen molar-refractivity contribution in [2.24, 2.45) is 5.92 Å². The number of imidazole rings is 1. The molecule has 2 aliphatic heterocycles. The van der Waals surface area contributed by atoms with Crippen LogP contribution in [0.15, 0.2) is 36.8 Å². The minimum Gasteiger partial charge on any atom is -0.342 e. The van der Waals surface area contributed by atoms with Crippen LogP contribution in [-0.2, 0) is 4.79 Å². The maximum Gasteiger partial charge on any atom is 0.254 e. The molecule has 1 amide bonds. The highest BCUT2D eigenvalue weighted by Crippen LogP contribution is 2.42. The summed E-state index contributed by atoms with van der Waals surface area (Å²) in [5.74, 6) is -2.81. The number of halogens is 2. The Morgan fingerprint density at radius 2 is 1.96 bits per heavy atom. The first-order valence-electron chi connectivity index (χ1n) is 9.69. The van der Waals surface area contributed by atoms with Gasteiger partial charge in [0.2, 0.25) is 5.91 Å². The number of benzene rings is 1. The van der Waals surface area contributed by atoms with Crippen molar-refractivity contribution >= 4 is 5.91 Å². The van der Waals surface area contributed by atoms with Crippen molar-refractivity contribution < 1.29 is 13.6 Å². The smallest absolute Gasteiger partial charge is 0.254 e. The number of hydrogen-bond acceptors (Lipinski definition) is 2. The lowest BCUT2D eigenvalue weighted by atomic mass is 9.89. The summed E-state index contributed by atoms with van der Waals surface area (Å²) in [5.41, 5.74) is 3.80. The van der Waals surface area contributed by atoms with Gasteiger partial charge in [0, 0.05) is 18.7 Å². The average Bonchev–Trinajstić information content (AvgIpc) is 3.20. The SMILES string of the molecule is CC(F)(F)CC(=O)N1CCC(CCC2c3ccccc3-c3cncn32)CC1. The highest BCUT2D eigenvalue weighted by Gasteiger charge is 2.32. The van der Waals surface area contributed by atoms with E-state index in [1.165, 1.54) is 16.8 Å². The van der Waals surface area contributed by atoms with Crippen molar-refractivity contribution in [3.8, 4) is 11.3 Å². The van der Waals surface area contributed by atoms with Crippen molar-refractivity contribution in [1.82, 2.24) is 14.5 Å². The zero-order chi connectivity index (χ0) is 19.0. The first-order valence-corrected chi connectivity index (χ1v) is 9.69. The van der Waals surface area contributed by atoms with Crippen molar-refractivity contribution in [2.75, 3.05) is 13.1 Å². The van der Waals surface area contributed by atoms with E-state index in [0.29, 0.717) is 25.0 Å². The second-order valence-corrected chi connectivity index (χ2v) is 7.94. The van der Waals surface area contributed by atoms with Gasteiger partial charge in [-0.2, -0.15) is 0 Å². The van der Waals surface area contributed by atoms with E-state index in [2.05, 4.69) is 33.8 Å². The zero-order valence-electron chi connectivity index (χ0n) is 15.6. The third kappa shape index (κ3) is 3.75. The minimum absolute atomic E-state index is 0.317. The molecule has 4 rings (SSSR count). The number of alkyl halides is 2. The number of rotatable bonds is 5. The Labute approximate surface area is 158 Å². The highest BCUT2D eigenvalue weighted by molar-refractivity contribution is 5.77. The van der Waals surface area contributed by atoms with Crippen LogP contribution in [0, 0.1) is 5.92 Å². The Bertz CT molecular complexity index is 819. The van der Waals surface area contributed by atoms with Crippen molar-refractivity contribution in [3.05, 3.63) is 42.4 Å². The quantitative estimate of drug-likeness (QED) is 0.773. The predicted octanol–water partition coefficient (Wildman–Crippen LogP) is 4.52. The molecule has 0 radical (unpaired) electrons. The van der Waals surface area contributed by atoms with Gasteiger partial charge in [-0.25, -0.2) is 13.8 Å². The van der Waals surface area contributed by atoms with Gasteiger partial charge in [-0.1, -0.05) is 24.3 Å². The molecule has 27 heavy (non-hydrogen) atoms. The number of likely N-dealkylation sites (tertiary alicyclic amines) is 1. The van der Waals surface area contributed by atoms with Crippen molar-refractivity contribution in [2.45, 2.75) is 51.0 Å². The second-order valence-electron chi connectivity index (χ2n) is 7.94. The Morgan fingerprint density at radius 3 is 2.70 bits per heavy atom. The molecule has 1 atom stereocenters. The molecule has 0 bridgehead atoms. The Kier molecular flexibility index (Phi) is 4.74. The van der Waals surface area contributed by atoms with Gasteiger partial charge in [0.15, 0.2) is 0 Å². The average molecular weight is 373 g/mol. The number of amides is 1. The van der Waals surface area contributed by atoms with Crippen molar-refractivity contribution in [3.63, 3.8) is 0 Å². The van der Waals surface area contributed by atoms with E-state index in [4.69, 9.17) is 0 Å². The van der Waals surface area contributed by atoms with E-state index in [9.17, 15) is 13.6 Å². The topological polar surface area (TPSA) is 38.1 Å². The number of hydrogen-bond donors (Lipinski definition) is 0. The van der Waals surface area contributed by atoms with Crippen molar-refractivity contribution in [1.29, 1.82) is 0 Å². The molecule has 3 heterocycles. The van der Waals surface area contributed by atoms with Gasteiger partial charge in [-0.3, -0.25) is 4.79 Å².